The summed E-state index contributed by atoms with van der Waals surface area (Å²) in [6.07, 6.45) is 1.43. The van der Waals surface area contributed by atoms with Gasteiger partial charge in [0.25, 0.3) is 5.91 Å². The summed E-state index contributed by atoms with van der Waals surface area (Å²) < 4.78 is 0. The van der Waals surface area contributed by atoms with Crippen molar-refractivity contribution in [1.82, 2.24) is 0 Å². The van der Waals surface area contributed by atoms with Crippen LogP contribution in [-0.4, -0.2) is 5.91 Å². The molecule has 116 valence electrons. The molecule has 23 heavy (non-hydrogen) atoms. The first-order valence-electron chi connectivity index (χ1n) is 6.55. The molecule has 2 rings (SSSR count). The van der Waals surface area contributed by atoms with Crippen molar-refractivity contribution in [3.63, 3.8) is 0 Å². The van der Waals surface area contributed by atoms with Crippen molar-refractivity contribution in [2.75, 3.05) is 5.32 Å². The predicted molar refractivity (Wildman–Crippen MR) is 94.9 cm³/mol. The summed E-state index contributed by atoms with van der Waals surface area (Å²) in [5.41, 5.74) is 1.82. The smallest absolute Gasteiger partial charge is 0.266 e. The van der Waals surface area contributed by atoms with Crippen LogP contribution in [0.4, 0.5) is 5.69 Å². The van der Waals surface area contributed by atoms with E-state index in [4.69, 9.17) is 34.8 Å². The van der Waals surface area contributed by atoms with E-state index in [1.807, 2.05) is 19.1 Å². The Balaban J connectivity index is 2.30. The van der Waals surface area contributed by atoms with E-state index in [9.17, 15) is 10.1 Å². The predicted octanol–water partition coefficient (Wildman–Crippen LogP) is 5.50. The topological polar surface area (TPSA) is 52.9 Å². The molecule has 2 aromatic rings. The van der Waals surface area contributed by atoms with Crippen LogP contribution in [0.2, 0.25) is 15.1 Å². The fourth-order valence-corrected chi connectivity index (χ4v) is 2.46. The van der Waals surface area contributed by atoms with Gasteiger partial charge in [-0.05, 0) is 42.3 Å². The zero-order chi connectivity index (χ0) is 17.0. The van der Waals surface area contributed by atoms with E-state index in [0.717, 1.165) is 5.56 Å². The van der Waals surface area contributed by atoms with E-state index in [2.05, 4.69) is 5.32 Å². The second-order valence-electron chi connectivity index (χ2n) is 4.73. The van der Waals surface area contributed by atoms with Gasteiger partial charge in [-0.2, -0.15) is 5.26 Å². The Morgan fingerprint density at radius 1 is 1.13 bits per heavy atom. The van der Waals surface area contributed by atoms with Gasteiger partial charge in [0.2, 0.25) is 0 Å². The number of amides is 1. The molecule has 0 fully saturated rings. The average molecular weight is 366 g/mol. The van der Waals surface area contributed by atoms with Crippen molar-refractivity contribution >= 4 is 52.5 Å². The van der Waals surface area contributed by atoms with Gasteiger partial charge in [-0.25, -0.2) is 0 Å². The quantitative estimate of drug-likeness (QED) is 0.576. The Bertz CT molecular complexity index is 818. The minimum absolute atomic E-state index is 0.0669. The Morgan fingerprint density at radius 2 is 1.87 bits per heavy atom. The van der Waals surface area contributed by atoms with Gasteiger partial charge in [0.1, 0.15) is 11.6 Å². The second-order valence-corrected chi connectivity index (χ2v) is 5.95. The highest BCUT2D eigenvalue weighted by Gasteiger charge is 2.13. The molecular weight excluding hydrogens is 355 g/mol. The third-order valence-electron chi connectivity index (χ3n) is 3.08. The maximum Gasteiger partial charge on any atom is 0.266 e. The Labute approximate surface area is 149 Å². The van der Waals surface area contributed by atoms with Crippen LogP contribution >= 0.6 is 34.8 Å². The van der Waals surface area contributed by atoms with Gasteiger partial charge in [-0.15, -0.1) is 0 Å². The molecule has 0 radical (unpaired) electrons. The van der Waals surface area contributed by atoms with Gasteiger partial charge in [0.15, 0.2) is 0 Å². The number of hydrogen-bond acceptors (Lipinski definition) is 2. The highest BCUT2D eigenvalue weighted by molar-refractivity contribution is 6.42. The van der Waals surface area contributed by atoms with Gasteiger partial charge < -0.3 is 5.32 Å². The van der Waals surface area contributed by atoms with E-state index in [0.29, 0.717) is 26.3 Å². The molecule has 0 aliphatic carbocycles. The summed E-state index contributed by atoms with van der Waals surface area (Å²) in [6.45, 7) is 1.82. The number of nitrogens with one attached hydrogen (secondary N) is 1. The monoisotopic (exact) mass is 364 g/mol. The van der Waals surface area contributed by atoms with Crippen molar-refractivity contribution in [2.24, 2.45) is 0 Å². The molecule has 0 atom stereocenters. The molecule has 0 aromatic heterocycles. The van der Waals surface area contributed by atoms with Crippen LogP contribution in [0, 0.1) is 18.3 Å². The third kappa shape index (κ3) is 4.27. The molecule has 3 nitrogen and oxygen atoms in total. The fraction of sp³-hybridized carbons (Fsp3) is 0.0588. The van der Waals surface area contributed by atoms with E-state index >= 15 is 0 Å². The Morgan fingerprint density at radius 3 is 2.48 bits per heavy atom. The zero-order valence-electron chi connectivity index (χ0n) is 12.0. The van der Waals surface area contributed by atoms with Crippen molar-refractivity contribution in [3.05, 3.63) is 68.2 Å². The first-order chi connectivity index (χ1) is 10.9. The molecule has 1 amide bonds. The number of nitriles is 1. The number of carbonyl (C=O) groups is 1. The van der Waals surface area contributed by atoms with E-state index in [-0.39, 0.29) is 5.57 Å². The normalized spacial score (nSPS) is 11.0. The van der Waals surface area contributed by atoms with Gasteiger partial charge >= 0.3 is 0 Å². The van der Waals surface area contributed by atoms with E-state index in [1.165, 1.54) is 6.08 Å². The maximum absolute atomic E-state index is 12.3. The van der Waals surface area contributed by atoms with Crippen LogP contribution < -0.4 is 5.32 Å². The largest absolute Gasteiger partial charge is 0.320 e. The molecule has 0 bridgehead atoms. The van der Waals surface area contributed by atoms with E-state index in [1.54, 1.807) is 30.3 Å². The first-order valence-corrected chi connectivity index (χ1v) is 7.69. The van der Waals surface area contributed by atoms with Gasteiger partial charge in [-0.1, -0.05) is 53.0 Å². The summed E-state index contributed by atoms with van der Waals surface area (Å²) in [4.78, 5) is 12.3. The van der Waals surface area contributed by atoms with Crippen molar-refractivity contribution in [3.8, 4) is 6.07 Å². The third-order valence-corrected chi connectivity index (χ3v) is 4.13. The van der Waals surface area contributed by atoms with Crippen LogP contribution in [-0.2, 0) is 4.79 Å². The number of anilines is 1. The number of hydrogen-bond donors (Lipinski definition) is 1. The number of rotatable bonds is 3. The summed E-state index contributed by atoms with van der Waals surface area (Å²) in [7, 11) is 0. The molecule has 0 saturated carbocycles. The summed E-state index contributed by atoms with van der Waals surface area (Å²) >= 11 is 17.8. The molecule has 6 heteroatoms. The van der Waals surface area contributed by atoms with Crippen LogP contribution in [0.3, 0.4) is 0 Å². The molecule has 0 heterocycles. The number of benzene rings is 2. The van der Waals surface area contributed by atoms with Crippen LogP contribution in [0.1, 0.15) is 11.1 Å². The lowest BCUT2D eigenvalue weighted by Crippen LogP contribution is -2.14. The minimum Gasteiger partial charge on any atom is -0.320 e. The van der Waals surface area contributed by atoms with E-state index < -0.39 is 5.91 Å². The maximum atomic E-state index is 12.3. The number of para-hydroxylation sites is 1. The lowest BCUT2D eigenvalue weighted by Gasteiger charge is -2.09. The van der Waals surface area contributed by atoms with Crippen molar-refractivity contribution in [1.29, 1.82) is 5.26 Å². The van der Waals surface area contributed by atoms with Crippen molar-refractivity contribution < 1.29 is 4.79 Å². The Kier molecular flexibility index (Phi) is 5.68. The molecule has 1 N–H and O–H groups in total. The minimum atomic E-state index is -0.547. The number of carbonyl (C=O) groups excluding carboxylic acids is 1. The fourth-order valence-electron chi connectivity index (χ4n) is 1.89. The standard InChI is InChI=1S/C17H11Cl3N2O/c1-10-3-2-4-14(19)16(10)22-17(23)12(9-21)7-11-5-6-13(18)15(20)8-11/h2-8H,1H3,(H,22,23)/b12-7+. The summed E-state index contributed by atoms with van der Waals surface area (Å²) in [5, 5.41) is 13.0. The average Bonchev–Trinajstić information content (AvgIpc) is 2.52. The van der Waals surface area contributed by atoms with Gasteiger partial charge in [-0.3, -0.25) is 4.79 Å². The van der Waals surface area contributed by atoms with Gasteiger partial charge in [0.05, 0.1) is 20.8 Å². The van der Waals surface area contributed by atoms with Gasteiger partial charge in [0, 0.05) is 0 Å². The first kappa shape index (κ1) is 17.4. The number of aryl methyl sites for hydroxylation is 1. The molecule has 0 saturated heterocycles. The molecule has 0 aliphatic heterocycles. The SMILES string of the molecule is Cc1cccc(Cl)c1NC(=O)/C(C#N)=C/c1ccc(Cl)c(Cl)c1. The molecule has 2 aromatic carbocycles. The van der Waals surface area contributed by atoms with Crippen molar-refractivity contribution in [2.45, 2.75) is 6.92 Å². The highest BCUT2D eigenvalue weighted by Crippen LogP contribution is 2.26. The molecular formula is C17H11Cl3N2O. The van der Waals surface area contributed by atoms with Crippen LogP contribution in [0.5, 0.6) is 0 Å². The summed E-state index contributed by atoms with van der Waals surface area (Å²) in [5.74, 6) is -0.547. The molecule has 0 spiro atoms. The summed E-state index contributed by atoms with van der Waals surface area (Å²) in [6, 6.07) is 12.0. The zero-order valence-corrected chi connectivity index (χ0v) is 14.3. The van der Waals surface area contributed by atoms with Crippen LogP contribution in [0.15, 0.2) is 42.0 Å². The lowest BCUT2D eigenvalue weighted by atomic mass is 10.1. The lowest BCUT2D eigenvalue weighted by molar-refractivity contribution is -0.112. The Hall–Kier alpha value is -1.99. The molecule has 0 unspecified atom stereocenters. The highest BCUT2D eigenvalue weighted by atomic mass is 35.5. The second kappa shape index (κ2) is 7.52. The number of halogens is 3. The number of nitrogens with zero attached hydrogens (tertiary/aromatic N) is 1. The molecule has 0 aliphatic rings. The van der Waals surface area contributed by atoms with Crippen LogP contribution in [0.25, 0.3) is 6.08 Å².